The zero-order chi connectivity index (χ0) is 30.8. The molecule has 0 radical (unpaired) electrons. The first-order valence-electron chi connectivity index (χ1n) is 16.4. The molecule has 0 bridgehead atoms. The normalized spacial score (nSPS) is 25.6. The summed E-state index contributed by atoms with van der Waals surface area (Å²) in [7, 11) is 0. The van der Waals surface area contributed by atoms with Crippen molar-refractivity contribution in [2.24, 2.45) is 11.8 Å². The number of ether oxygens (including phenoxy) is 2. The van der Waals surface area contributed by atoms with Crippen LogP contribution in [0.3, 0.4) is 0 Å². The largest absolute Gasteiger partial charge is 0.381 e. The molecule has 3 atom stereocenters. The number of anilines is 1. The van der Waals surface area contributed by atoms with Crippen LogP contribution in [0.15, 0.2) is 23.4 Å². The molecule has 3 aromatic heterocycles. The Morgan fingerprint density at radius 1 is 1.04 bits per heavy atom. The van der Waals surface area contributed by atoms with Gasteiger partial charge in [0, 0.05) is 77.3 Å². The second-order valence-corrected chi connectivity index (χ2v) is 13.0. The smallest absolute Gasteiger partial charge is 0.278 e. The number of aromatic nitrogens is 6. The molecular formula is C31H43N9O5. The fourth-order valence-electron chi connectivity index (χ4n) is 7.16. The number of nitrogens with zero attached hydrogens (tertiary/aromatic N) is 7. The predicted molar refractivity (Wildman–Crippen MR) is 165 cm³/mol. The highest BCUT2D eigenvalue weighted by Crippen LogP contribution is 2.33. The number of likely N-dealkylation sites (tertiary alicyclic amines) is 1. The topological polar surface area (TPSA) is 153 Å². The molecule has 2 N–H and O–H groups in total. The minimum absolute atomic E-state index is 0.107. The van der Waals surface area contributed by atoms with Gasteiger partial charge in [-0.3, -0.25) is 9.59 Å². The lowest BCUT2D eigenvalue weighted by molar-refractivity contribution is -0.186. The average molecular weight is 622 g/mol. The van der Waals surface area contributed by atoms with Crippen LogP contribution in [0, 0.1) is 11.8 Å². The number of aromatic amines is 1. The first-order valence-corrected chi connectivity index (χ1v) is 16.4. The maximum atomic E-state index is 13.0. The summed E-state index contributed by atoms with van der Waals surface area (Å²) in [5.74, 6) is 2.16. The van der Waals surface area contributed by atoms with Crippen molar-refractivity contribution in [3.63, 3.8) is 0 Å². The van der Waals surface area contributed by atoms with E-state index in [0.29, 0.717) is 54.2 Å². The summed E-state index contributed by atoms with van der Waals surface area (Å²) in [6.07, 6.45) is 11.0. The van der Waals surface area contributed by atoms with E-state index in [2.05, 4.69) is 42.3 Å². The molecule has 3 aromatic rings. The molecule has 7 heterocycles. The minimum Gasteiger partial charge on any atom is -0.381 e. The molecule has 1 amide bonds. The number of hydrogen-bond acceptors (Lipinski definition) is 11. The summed E-state index contributed by atoms with van der Waals surface area (Å²) in [4.78, 5) is 52.6. The molecule has 4 fully saturated rings. The van der Waals surface area contributed by atoms with Crippen molar-refractivity contribution < 1.29 is 19.1 Å². The predicted octanol–water partition coefficient (Wildman–Crippen LogP) is 2.40. The highest BCUT2D eigenvalue weighted by atomic mass is 16.8. The van der Waals surface area contributed by atoms with Crippen molar-refractivity contribution in [2.75, 3.05) is 57.4 Å². The van der Waals surface area contributed by atoms with Gasteiger partial charge in [-0.25, -0.2) is 30.0 Å². The van der Waals surface area contributed by atoms with E-state index in [9.17, 15) is 9.59 Å². The van der Waals surface area contributed by atoms with Gasteiger partial charge < -0.3 is 24.3 Å². The Balaban J connectivity index is 0.913. The van der Waals surface area contributed by atoms with Crippen LogP contribution in [-0.2, 0) is 14.3 Å². The van der Waals surface area contributed by atoms with Crippen LogP contribution in [0.2, 0.25) is 0 Å². The van der Waals surface area contributed by atoms with Gasteiger partial charge in [-0.1, -0.05) is 6.92 Å². The van der Waals surface area contributed by atoms with Crippen molar-refractivity contribution in [1.29, 1.82) is 0 Å². The van der Waals surface area contributed by atoms with E-state index in [1.165, 1.54) is 0 Å². The van der Waals surface area contributed by atoms with Crippen LogP contribution in [0.5, 0.6) is 0 Å². The number of H-pyrrole nitrogens is 1. The second kappa shape index (κ2) is 13.5. The number of rotatable bonds is 8. The third-order valence-electron chi connectivity index (χ3n) is 9.79. The van der Waals surface area contributed by atoms with Crippen LogP contribution >= 0.6 is 0 Å². The van der Waals surface area contributed by atoms with Crippen molar-refractivity contribution in [3.05, 3.63) is 40.3 Å². The Bertz CT molecular complexity index is 1510. The van der Waals surface area contributed by atoms with E-state index in [4.69, 9.17) is 19.3 Å². The van der Waals surface area contributed by atoms with E-state index < -0.39 is 6.29 Å². The molecule has 14 heteroatoms. The lowest BCUT2D eigenvalue weighted by Gasteiger charge is -2.34. The minimum atomic E-state index is -0.401. The van der Waals surface area contributed by atoms with Crippen LogP contribution in [-0.4, -0.2) is 99.4 Å². The van der Waals surface area contributed by atoms with Crippen LogP contribution in [0.25, 0.3) is 11.0 Å². The quantitative estimate of drug-likeness (QED) is 0.357. The van der Waals surface area contributed by atoms with Gasteiger partial charge >= 0.3 is 0 Å². The number of carbonyl (C=O) groups excluding carboxylic acids is 1. The van der Waals surface area contributed by atoms with Gasteiger partial charge in [-0.05, 0) is 50.4 Å². The van der Waals surface area contributed by atoms with Gasteiger partial charge in [0.1, 0.15) is 11.2 Å². The van der Waals surface area contributed by atoms with Crippen LogP contribution < -0.4 is 15.9 Å². The summed E-state index contributed by atoms with van der Waals surface area (Å²) in [5.41, 5.74) is 3.39. The van der Waals surface area contributed by atoms with Gasteiger partial charge in [0.2, 0.25) is 5.95 Å². The fraction of sp³-hybridized carbons (Fsp3) is 0.677. The average Bonchev–Trinajstić information content (AvgIpc) is 3.68. The Morgan fingerprint density at radius 3 is 2.60 bits per heavy atom. The molecule has 0 aliphatic carbocycles. The second-order valence-electron chi connectivity index (χ2n) is 13.0. The van der Waals surface area contributed by atoms with Gasteiger partial charge in [0.25, 0.3) is 11.5 Å². The third-order valence-corrected chi connectivity index (χ3v) is 9.79. The first-order chi connectivity index (χ1) is 22.0. The van der Waals surface area contributed by atoms with Gasteiger partial charge in [0.15, 0.2) is 11.9 Å². The number of hydroxylamine groups is 1. The Hall–Kier alpha value is -3.46. The van der Waals surface area contributed by atoms with Crippen molar-refractivity contribution >= 4 is 22.9 Å². The molecule has 242 valence electrons. The number of fused-ring (bicyclic) bond motifs is 1. The number of amides is 1. The van der Waals surface area contributed by atoms with E-state index in [1.54, 1.807) is 18.6 Å². The SMILES string of the molecule is CC1CN(CC2CCN(c3ncc(C(=O)NOC4CCCCO4)cn3)CC2)CC1c1nc2c(cnn2C2CCOCC2)c(=O)[nH]1. The fourth-order valence-corrected chi connectivity index (χ4v) is 7.16. The zero-order valence-corrected chi connectivity index (χ0v) is 25.9. The standard InChI is InChI=1S/C31H43N9O5/c1-20-17-38(19-25(20)27-35-28-24(30(42)36-27)16-34-40(28)23-7-12-43-13-8-23)18-21-5-9-39(10-6-21)31-32-14-22(15-33-31)29(41)37-45-26-4-2-3-11-44-26/h14-16,20-21,23,25-26H,2-13,17-19H2,1H3,(H,37,41)(H,35,36,42). The molecule has 4 saturated heterocycles. The van der Waals surface area contributed by atoms with Crippen molar-refractivity contribution in [3.8, 4) is 0 Å². The molecule has 0 saturated carbocycles. The highest BCUT2D eigenvalue weighted by molar-refractivity contribution is 5.92. The Labute approximate surface area is 261 Å². The third kappa shape index (κ3) is 6.74. The highest BCUT2D eigenvalue weighted by Gasteiger charge is 2.35. The number of nitrogens with one attached hydrogen (secondary N) is 2. The first kappa shape index (κ1) is 30.2. The molecule has 3 unspecified atom stereocenters. The van der Waals surface area contributed by atoms with Gasteiger partial charge in [0.05, 0.1) is 17.8 Å². The Morgan fingerprint density at radius 2 is 1.84 bits per heavy atom. The maximum absolute atomic E-state index is 13.0. The van der Waals surface area contributed by atoms with E-state index >= 15 is 0 Å². The molecule has 0 aromatic carbocycles. The summed E-state index contributed by atoms with van der Waals surface area (Å²) < 4.78 is 12.9. The van der Waals surface area contributed by atoms with Crippen molar-refractivity contribution in [2.45, 2.75) is 70.1 Å². The van der Waals surface area contributed by atoms with Crippen molar-refractivity contribution in [1.82, 2.24) is 40.1 Å². The summed E-state index contributed by atoms with van der Waals surface area (Å²) in [6, 6.07) is 0.214. The van der Waals surface area contributed by atoms with E-state index in [-0.39, 0.29) is 23.4 Å². The molecule has 0 spiro atoms. The van der Waals surface area contributed by atoms with Crippen LogP contribution in [0.1, 0.15) is 80.0 Å². The molecule has 45 heavy (non-hydrogen) atoms. The molecule has 4 aliphatic rings. The van der Waals surface area contributed by atoms with E-state index in [1.807, 2.05) is 4.68 Å². The maximum Gasteiger partial charge on any atom is 0.278 e. The van der Waals surface area contributed by atoms with Gasteiger partial charge in [-0.15, -0.1) is 0 Å². The lowest BCUT2D eigenvalue weighted by atomic mass is 9.96. The number of piperidine rings is 1. The molecule has 7 rings (SSSR count). The van der Waals surface area contributed by atoms with E-state index in [0.717, 1.165) is 83.5 Å². The summed E-state index contributed by atoms with van der Waals surface area (Å²) in [5, 5.41) is 5.11. The molecule has 4 aliphatic heterocycles. The van der Waals surface area contributed by atoms with Crippen LogP contribution in [0.4, 0.5) is 5.95 Å². The summed E-state index contributed by atoms with van der Waals surface area (Å²) in [6.45, 7) is 8.93. The summed E-state index contributed by atoms with van der Waals surface area (Å²) >= 11 is 0. The zero-order valence-electron chi connectivity index (χ0n) is 25.9. The number of carbonyl (C=O) groups is 1. The lowest BCUT2D eigenvalue weighted by Crippen LogP contribution is -2.39. The Kier molecular flexibility index (Phi) is 9.06. The monoisotopic (exact) mass is 621 g/mol. The molecule has 14 nitrogen and oxygen atoms in total. The number of hydrogen-bond donors (Lipinski definition) is 2. The molecular weight excluding hydrogens is 578 g/mol. The van der Waals surface area contributed by atoms with Gasteiger partial charge in [-0.2, -0.15) is 5.10 Å².